The van der Waals surface area contributed by atoms with E-state index in [0.717, 1.165) is 0 Å². The number of hydrogen-bond donors (Lipinski definition) is 0. The standard InChI is InChI=1S/C20H25O4P/c1-4-20(2,3)19(21)23-15-16-24-25(22,17-11-7-5-8-12-17)18-13-9-6-10-14-18/h5-14H,4,15-16H2,1-3H3. The van der Waals surface area contributed by atoms with Crippen LogP contribution in [0, 0.1) is 5.41 Å². The van der Waals surface area contributed by atoms with Crippen LogP contribution in [0.3, 0.4) is 0 Å². The molecule has 0 N–H and O–H groups in total. The fraction of sp³-hybridized carbons (Fsp3) is 0.350. The molecule has 0 saturated carbocycles. The number of carbonyl (C=O) groups is 1. The van der Waals surface area contributed by atoms with Crippen molar-refractivity contribution in [1.82, 2.24) is 0 Å². The molecular weight excluding hydrogens is 335 g/mol. The molecule has 0 aliphatic carbocycles. The molecule has 0 unspecified atom stereocenters. The lowest BCUT2D eigenvalue weighted by Gasteiger charge is -2.22. The van der Waals surface area contributed by atoms with Gasteiger partial charge in [-0.1, -0.05) is 43.3 Å². The molecule has 5 heteroatoms. The maximum absolute atomic E-state index is 13.6. The van der Waals surface area contributed by atoms with Crippen LogP contribution in [0.4, 0.5) is 0 Å². The van der Waals surface area contributed by atoms with E-state index in [1.807, 2.05) is 57.2 Å². The summed E-state index contributed by atoms with van der Waals surface area (Å²) in [4.78, 5) is 12.0. The van der Waals surface area contributed by atoms with E-state index in [1.165, 1.54) is 0 Å². The lowest BCUT2D eigenvalue weighted by atomic mass is 9.91. The summed E-state index contributed by atoms with van der Waals surface area (Å²) >= 11 is 0. The topological polar surface area (TPSA) is 52.6 Å². The Hall–Kier alpha value is -1.90. The van der Waals surface area contributed by atoms with Crippen LogP contribution in [-0.4, -0.2) is 19.2 Å². The van der Waals surface area contributed by atoms with Gasteiger partial charge in [-0.15, -0.1) is 0 Å². The summed E-state index contributed by atoms with van der Waals surface area (Å²) in [6.07, 6.45) is 0.694. The van der Waals surface area contributed by atoms with E-state index in [0.29, 0.717) is 17.0 Å². The van der Waals surface area contributed by atoms with Gasteiger partial charge in [0.05, 0.1) is 12.0 Å². The van der Waals surface area contributed by atoms with E-state index >= 15 is 0 Å². The molecule has 0 spiro atoms. The average Bonchev–Trinajstić information content (AvgIpc) is 2.66. The molecule has 0 bridgehead atoms. The van der Waals surface area contributed by atoms with Gasteiger partial charge in [0.2, 0.25) is 0 Å². The predicted octanol–water partition coefficient (Wildman–Crippen LogP) is 3.91. The Morgan fingerprint density at radius 3 is 1.84 bits per heavy atom. The minimum atomic E-state index is -3.22. The summed E-state index contributed by atoms with van der Waals surface area (Å²) in [5.41, 5.74) is -0.525. The highest BCUT2D eigenvalue weighted by molar-refractivity contribution is 7.74. The van der Waals surface area contributed by atoms with Gasteiger partial charge in [-0.3, -0.25) is 9.36 Å². The normalized spacial score (nSPS) is 12.0. The highest BCUT2D eigenvalue weighted by atomic mass is 31.2. The van der Waals surface area contributed by atoms with Crippen molar-refractivity contribution < 1.29 is 18.6 Å². The van der Waals surface area contributed by atoms with E-state index in [4.69, 9.17) is 9.26 Å². The summed E-state index contributed by atoms with van der Waals surface area (Å²) in [6.45, 7) is 5.78. The first-order valence-electron chi connectivity index (χ1n) is 8.43. The fourth-order valence-electron chi connectivity index (χ4n) is 2.19. The quantitative estimate of drug-likeness (QED) is 0.407. The molecule has 0 saturated heterocycles. The van der Waals surface area contributed by atoms with Crippen molar-refractivity contribution in [3.05, 3.63) is 60.7 Å². The monoisotopic (exact) mass is 360 g/mol. The number of carbonyl (C=O) groups excluding carboxylic acids is 1. The molecule has 4 nitrogen and oxygen atoms in total. The molecule has 2 aromatic rings. The van der Waals surface area contributed by atoms with Crippen molar-refractivity contribution in [3.8, 4) is 0 Å². The molecule has 2 aromatic carbocycles. The third kappa shape index (κ3) is 4.81. The molecule has 0 fully saturated rings. The first kappa shape index (κ1) is 19.4. The number of hydrogen-bond acceptors (Lipinski definition) is 4. The minimum absolute atomic E-state index is 0.0753. The molecule has 0 aromatic heterocycles. The Morgan fingerprint density at radius 1 is 0.920 bits per heavy atom. The molecule has 0 atom stereocenters. The minimum Gasteiger partial charge on any atom is -0.463 e. The highest BCUT2D eigenvalue weighted by Gasteiger charge is 2.30. The summed E-state index contributed by atoms with van der Waals surface area (Å²) in [6, 6.07) is 18.2. The number of benzene rings is 2. The van der Waals surface area contributed by atoms with Crippen LogP contribution in [0.5, 0.6) is 0 Å². The third-order valence-electron chi connectivity index (χ3n) is 4.22. The Kier molecular flexibility index (Phi) is 6.57. The van der Waals surface area contributed by atoms with E-state index < -0.39 is 12.8 Å². The molecule has 134 valence electrons. The van der Waals surface area contributed by atoms with Gasteiger partial charge in [-0.25, -0.2) is 0 Å². The maximum Gasteiger partial charge on any atom is 0.311 e. The molecule has 0 amide bonds. The first-order chi connectivity index (χ1) is 11.9. The maximum atomic E-state index is 13.6. The van der Waals surface area contributed by atoms with Crippen LogP contribution in [0.15, 0.2) is 60.7 Å². The molecule has 2 rings (SSSR count). The number of rotatable bonds is 8. The van der Waals surface area contributed by atoms with Gasteiger partial charge in [-0.05, 0) is 44.5 Å². The second-order valence-electron chi connectivity index (χ2n) is 6.43. The molecule has 0 aliphatic rings. The summed E-state index contributed by atoms with van der Waals surface area (Å²) in [5.74, 6) is -0.271. The van der Waals surface area contributed by atoms with Crippen molar-refractivity contribution >= 4 is 23.9 Å². The lowest BCUT2D eigenvalue weighted by molar-refractivity contribution is -0.154. The first-order valence-corrected chi connectivity index (χ1v) is 10.1. The molecule has 0 heterocycles. The second kappa shape index (κ2) is 8.46. The Balaban J connectivity index is 2.09. The van der Waals surface area contributed by atoms with Crippen LogP contribution >= 0.6 is 7.37 Å². The van der Waals surface area contributed by atoms with Crippen LogP contribution in [-0.2, 0) is 18.6 Å². The van der Waals surface area contributed by atoms with Crippen LogP contribution in [0.25, 0.3) is 0 Å². The fourth-order valence-corrected chi connectivity index (χ4v) is 4.24. The second-order valence-corrected chi connectivity index (χ2v) is 8.82. The van der Waals surface area contributed by atoms with Gasteiger partial charge in [0.1, 0.15) is 6.61 Å². The zero-order valence-corrected chi connectivity index (χ0v) is 15.9. The van der Waals surface area contributed by atoms with Crippen molar-refractivity contribution in [2.45, 2.75) is 27.2 Å². The zero-order valence-electron chi connectivity index (χ0n) is 15.0. The molecule has 0 radical (unpaired) electrons. The van der Waals surface area contributed by atoms with Gasteiger partial charge < -0.3 is 9.26 Å². The van der Waals surface area contributed by atoms with E-state index in [1.54, 1.807) is 24.3 Å². The van der Waals surface area contributed by atoms with Gasteiger partial charge in [-0.2, -0.15) is 0 Å². The van der Waals surface area contributed by atoms with Gasteiger partial charge in [0.25, 0.3) is 7.37 Å². The predicted molar refractivity (Wildman–Crippen MR) is 101 cm³/mol. The van der Waals surface area contributed by atoms with Gasteiger partial charge >= 0.3 is 5.97 Å². The summed E-state index contributed by atoms with van der Waals surface area (Å²) < 4.78 is 24.6. The van der Waals surface area contributed by atoms with E-state index in [9.17, 15) is 9.36 Å². The highest BCUT2D eigenvalue weighted by Crippen LogP contribution is 2.44. The number of esters is 1. The van der Waals surface area contributed by atoms with Crippen LogP contribution in [0.1, 0.15) is 27.2 Å². The van der Waals surface area contributed by atoms with Gasteiger partial charge in [0.15, 0.2) is 0 Å². The summed E-state index contributed by atoms with van der Waals surface area (Å²) in [7, 11) is -3.22. The van der Waals surface area contributed by atoms with Crippen LogP contribution < -0.4 is 10.6 Å². The van der Waals surface area contributed by atoms with Crippen molar-refractivity contribution in [2.75, 3.05) is 13.2 Å². The Bertz CT molecular complexity index is 682. The summed E-state index contributed by atoms with van der Waals surface area (Å²) in [5, 5.41) is 1.25. The van der Waals surface area contributed by atoms with Crippen molar-refractivity contribution in [3.63, 3.8) is 0 Å². The largest absolute Gasteiger partial charge is 0.463 e. The Labute approximate surface area is 149 Å². The van der Waals surface area contributed by atoms with Gasteiger partial charge in [0, 0.05) is 10.6 Å². The smallest absolute Gasteiger partial charge is 0.311 e. The van der Waals surface area contributed by atoms with E-state index in [2.05, 4.69) is 0 Å². The lowest BCUT2D eigenvalue weighted by Crippen LogP contribution is -2.27. The number of ether oxygens (including phenoxy) is 1. The average molecular weight is 360 g/mol. The third-order valence-corrected chi connectivity index (χ3v) is 6.72. The van der Waals surface area contributed by atoms with E-state index in [-0.39, 0.29) is 19.2 Å². The Morgan fingerprint density at radius 2 is 1.40 bits per heavy atom. The van der Waals surface area contributed by atoms with Crippen molar-refractivity contribution in [2.24, 2.45) is 5.41 Å². The zero-order chi connectivity index (χ0) is 18.3. The van der Waals surface area contributed by atoms with Crippen molar-refractivity contribution in [1.29, 1.82) is 0 Å². The van der Waals surface area contributed by atoms with Crippen LogP contribution in [0.2, 0.25) is 0 Å². The SMILES string of the molecule is CCC(C)(C)C(=O)OCCOP(=O)(c1ccccc1)c1ccccc1. The molecule has 25 heavy (non-hydrogen) atoms. The molecular formula is C20H25O4P. The molecule has 0 aliphatic heterocycles.